The molecule has 0 aromatic heterocycles. The maximum atomic E-state index is 11.6. The first kappa shape index (κ1) is 14.9. The number of amides is 1. The fraction of sp³-hybridized carbons (Fsp3) is 0.818. The van der Waals surface area contributed by atoms with Crippen molar-refractivity contribution in [2.45, 2.75) is 46.2 Å². The molecule has 5 nitrogen and oxygen atoms in total. The van der Waals surface area contributed by atoms with E-state index in [1.807, 2.05) is 13.8 Å². The van der Waals surface area contributed by atoms with Crippen LogP contribution >= 0.6 is 0 Å². The summed E-state index contributed by atoms with van der Waals surface area (Å²) in [7, 11) is 0. The Hall–Kier alpha value is -1.10. The van der Waals surface area contributed by atoms with Gasteiger partial charge in [-0.15, -0.1) is 0 Å². The van der Waals surface area contributed by atoms with Crippen molar-refractivity contribution in [3.8, 4) is 0 Å². The summed E-state index contributed by atoms with van der Waals surface area (Å²) in [5.41, 5.74) is 5.68. The van der Waals surface area contributed by atoms with E-state index in [2.05, 4.69) is 5.32 Å². The largest absolute Gasteiger partial charge is 0.464 e. The third-order valence-electron chi connectivity index (χ3n) is 2.06. The summed E-state index contributed by atoms with van der Waals surface area (Å²) >= 11 is 0. The highest BCUT2D eigenvalue weighted by Gasteiger charge is 2.21. The summed E-state index contributed by atoms with van der Waals surface area (Å²) in [5, 5.41) is 2.53. The van der Waals surface area contributed by atoms with Gasteiger partial charge in [-0.3, -0.25) is 4.79 Å². The Kier molecular flexibility index (Phi) is 6.72. The van der Waals surface area contributed by atoms with Crippen LogP contribution in [-0.4, -0.2) is 30.6 Å². The first-order valence-electron chi connectivity index (χ1n) is 5.61. The Morgan fingerprint density at radius 1 is 1.31 bits per heavy atom. The van der Waals surface area contributed by atoms with Gasteiger partial charge in [0.1, 0.15) is 6.04 Å². The van der Waals surface area contributed by atoms with Crippen molar-refractivity contribution in [2.75, 3.05) is 6.61 Å². The molecule has 1 amide bonds. The zero-order valence-electron chi connectivity index (χ0n) is 10.4. The van der Waals surface area contributed by atoms with Crippen LogP contribution in [-0.2, 0) is 14.3 Å². The third-order valence-corrected chi connectivity index (χ3v) is 2.06. The number of esters is 1. The van der Waals surface area contributed by atoms with Crippen LogP contribution in [0.4, 0.5) is 0 Å². The number of hydrogen-bond acceptors (Lipinski definition) is 4. The molecule has 0 aliphatic carbocycles. The van der Waals surface area contributed by atoms with Crippen LogP contribution in [0.1, 0.15) is 34.1 Å². The molecule has 0 saturated heterocycles. The number of hydrogen-bond donors (Lipinski definition) is 2. The molecule has 0 rings (SSSR count). The summed E-state index contributed by atoms with van der Waals surface area (Å²) in [5.74, 6) is -0.402. The van der Waals surface area contributed by atoms with Crippen LogP contribution in [0.2, 0.25) is 0 Å². The molecule has 0 aliphatic rings. The number of carbonyl (C=O) groups excluding carboxylic acids is 2. The Morgan fingerprint density at radius 3 is 2.31 bits per heavy atom. The lowest BCUT2D eigenvalue weighted by Gasteiger charge is -2.17. The van der Waals surface area contributed by atoms with Crippen LogP contribution in [0.25, 0.3) is 0 Å². The van der Waals surface area contributed by atoms with E-state index in [0.717, 1.165) is 0 Å². The lowest BCUT2D eigenvalue weighted by molar-refractivity contribution is -0.147. The summed E-state index contributed by atoms with van der Waals surface area (Å²) in [6.45, 7) is 7.58. The molecule has 0 heterocycles. The number of rotatable bonds is 6. The summed E-state index contributed by atoms with van der Waals surface area (Å²) in [4.78, 5) is 22.8. The van der Waals surface area contributed by atoms with Crippen molar-refractivity contribution < 1.29 is 14.3 Å². The van der Waals surface area contributed by atoms with Gasteiger partial charge in [-0.1, -0.05) is 13.8 Å². The van der Waals surface area contributed by atoms with Gasteiger partial charge in [0.15, 0.2) is 0 Å². The monoisotopic (exact) mass is 230 g/mol. The highest BCUT2D eigenvalue weighted by molar-refractivity contribution is 5.87. The molecule has 0 aliphatic heterocycles. The van der Waals surface area contributed by atoms with Crippen LogP contribution in [0.15, 0.2) is 0 Å². The van der Waals surface area contributed by atoms with Crippen LogP contribution in [0, 0.1) is 5.92 Å². The van der Waals surface area contributed by atoms with E-state index >= 15 is 0 Å². The van der Waals surface area contributed by atoms with Crippen molar-refractivity contribution in [3.63, 3.8) is 0 Å². The predicted octanol–water partition coefficient (Wildman–Crippen LogP) is 0.428. The molecular weight excluding hydrogens is 208 g/mol. The first-order chi connectivity index (χ1) is 7.38. The molecule has 0 unspecified atom stereocenters. The molecule has 0 spiro atoms. The van der Waals surface area contributed by atoms with E-state index in [0.29, 0.717) is 18.9 Å². The second-order valence-corrected chi connectivity index (χ2v) is 4.22. The summed E-state index contributed by atoms with van der Waals surface area (Å²) in [6, 6.07) is -1.22. The number of carbonyl (C=O) groups is 2. The minimum absolute atomic E-state index is 0.303. The van der Waals surface area contributed by atoms with E-state index in [9.17, 15) is 9.59 Å². The second-order valence-electron chi connectivity index (χ2n) is 4.22. The topological polar surface area (TPSA) is 81.4 Å². The van der Waals surface area contributed by atoms with Crippen LogP contribution in [0.5, 0.6) is 0 Å². The highest BCUT2D eigenvalue weighted by Crippen LogP contribution is 2.03. The third kappa shape index (κ3) is 5.70. The maximum absolute atomic E-state index is 11.6. The zero-order valence-corrected chi connectivity index (χ0v) is 10.4. The molecular formula is C11H22N2O3. The zero-order chi connectivity index (χ0) is 12.7. The standard InChI is InChI=1S/C11H22N2O3/c1-5-16-11(15)8(4)13-10(14)9(12)6-7(2)3/h7-9H,5-6,12H2,1-4H3,(H,13,14)/t8-,9+/m1/s1. The molecule has 5 heteroatoms. The van der Waals surface area contributed by atoms with Crippen molar-refractivity contribution in [3.05, 3.63) is 0 Å². The second kappa shape index (κ2) is 7.22. The summed E-state index contributed by atoms with van der Waals surface area (Å²) in [6.07, 6.45) is 0.599. The highest BCUT2D eigenvalue weighted by atomic mass is 16.5. The Morgan fingerprint density at radius 2 is 1.88 bits per heavy atom. The average Bonchev–Trinajstić information content (AvgIpc) is 2.16. The predicted molar refractivity (Wildman–Crippen MR) is 61.7 cm³/mol. The summed E-state index contributed by atoms with van der Waals surface area (Å²) < 4.78 is 4.77. The van der Waals surface area contributed by atoms with Gasteiger partial charge in [-0.25, -0.2) is 4.79 Å². The van der Waals surface area contributed by atoms with Gasteiger partial charge in [0, 0.05) is 0 Å². The van der Waals surface area contributed by atoms with Gasteiger partial charge in [-0.2, -0.15) is 0 Å². The maximum Gasteiger partial charge on any atom is 0.328 e. The van der Waals surface area contributed by atoms with E-state index in [4.69, 9.17) is 10.5 Å². The fourth-order valence-corrected chi connectivity index (χ4v) is 1.26. The van der Waals surface area contributed by atoms with E-state index in [-0.39, 0.29) is 5.91 Å². The number of nitrogens with two attached hydrogens (primary N) is 1. The first-order valence-corrected chi connectivity index (χ1v) is 5.61. The molecule has 0 aromatic rings. The van der Waals surface area contributed by atoms with Crippen LogP contribution in [0.3, 0.4) is 0 Å². The Labute approximate surface area is 96.7 Å². The molecule has 0 bridgehead atoms. The molecule has 0 aromatic carbocycles. The van der Waals surface area contributed by atoms with Gasteiger partial charge >= 0.3 is 5.97 Å². The number of ether oxygens (including phenoxy) is 1. The van der Waals surface area contributed by atoms with E-state index in [1.165, 1.54) is 0 Å². The Bertz CT molecular complexity index is 241. The lowest BCUT2D eigenvalue weighted by atomic mass is 10.0. The normalized spacial score (nSPS) is 14.4. The van der Waals surface area contributed by atoms with E-state index < -0.39 is 18.1 Å². The molecule has 16 heavy (non-hydrogen) atoms. The minimum atomic E-state index is -0.648. The molecule has 2 atom stereocenters. The fourth-order valence-electron chi connectivity index (χ4n) is 1.26. The van der Waals surface area contributed by atoms with Gasteiger partial charge in [0.05, 0.1) is 12.6 Å². The Balaban J connectivity index is 4.08. The molecule has 0 radical (unpaired) electrons. The molecule has 94 valence electrons. The molecule has 0 fully saturated rings. The van der Waals surface area contributed by atoms with Crippen molar-refractivity contribution in [1.82, 2.24) is 5.32 Å². The molecule has 0 saturated carbocycles. The number of nitrogens with one attached hydrogen (secondary N) is 1. The quantitative estimate of drug-likeness (QED) is 0.648. The van der Waals surface area contributed by atoms with Crippen molar-refractivity contribution in [2.24, 2.45) is 11.7 Å². The van der Waals surface area contributed by atoms with Crippen LogP contribution < -0.4 is 11.1 Å². The average molecular weight is 230 g/mol. The minimum Gasteiger partial charge on any atom is -0.464 e. The van der Waals surface area contributed by atoms with Crippen molar-refractivity contribution >= 4 is 11.9 Å². The van der Waals surface area contributed by atoms with Gasteiger partial charge in [-0.05, 0) is 26.2 Å². The smallest absolute Gasteiger partial charge is 0.328 e. The van der Waals surface area contributed by atoms with Gasteiger partial charge in [0.2, 0.25) is 5.91 Å². The van der Waals surface area contributed by atoms with Gasteiger partial charge in [0.25, 0.3) is 0 Å². The van der Waals surface area contributed by atoms with Crippen molar-refractivity contribution in [1.29, 1.82) is 0 Å². The molecule has 3 N–H and O–H groups in total. The van der Waals surface area contributed by atoms with E-state index in [1.54, 1.807) is 13.8 Å². The van der Waals surface area contributed by atoms with Gasteiger partial charge < -0.3 is 15.8 Å². The lowest BCUT2D eigenvalue weighted by Crippen LogP contribution is -2.48. The SMILES string of the molecule is CCOC(=O)[C@@H](C)NC(=O)[C@@H](N)CC(C)C.